The molecule has 1 fully saturated rings. The van der Waals surface area contributed by atoms with Gasteiger partial charge in [-0.1, -0.05) is 6.07 Å². The van der Waals surface area contributed by atoms with Gasteiger partial charge < -0.3 is 15.4 Å². The number of nitrogens with one attached hydrogen (secondary N) is 2. The molecule has 1 atom stereocenters. The molecule has 4 nitrogen and oxygen atoms in total. The number of rotatable bonds is 4. The molecular formula is C13H18ClFN2O2. The van der Waals surface area contributed by atoms with Crippen molar-refractivity contribution in [1.29, 1.82) is 0 Å². The molecule has 0 aromatic heterocycles. The first-order valence-electron chi connectivity index (χ1n) is 6.04. The lowest BCUT2D eigenvalue weighted by Crippen LogP contribution is -2.40. The number of carbonyl (C=O) groups excluding carboxylic acids is 1. The monoisotopic (exact) mass is 288 g/mol. The molecule has 1 saturated heterocycles. The highest BCUT2D eigenvalue weighted by molar-refractivity contribution is 5.85. The molecule has 1 aliphatic heterocycles. The summed E-state index contributed by atoms with van der Waals surface area (Å²) in [6, 6.07) is 4.48. The second-order valence-corrected chi connectivity index (χ2v) is 4.32. The molecule has 2 N–H and O–H groups in total. The molecule has 6 heteroatoms. The Morgan fingerprint density at radius 3 is 2.95 bits per heavy atom. The van der Waals surface area contributed by atoms with Gasteiger partial charge in [0.25, 0.3) is 0 Å². The summed E-state index contributed by atoms with van der Waals surface area (Å²) >= 11 is 0. The number of methoxy groups -OCH3 is 1. The number of hydrogen-bond acceptors (Lipinski definition) is 3. The van der Waals surface area contributed by atoms with E-state index in [2.05, 4.69) is 10.6 Å². The Bertz CT molecular complexity index is 437. The molecule has 0 radical (unpaired) electrons. The van der Waals surface area contributed by atoms with Crippen LogP contribution < -0.4 is 15.4 Å². The van der Waals surface area contributed by atoms with Gasteiger partial charge in [0.05, 0.1) is 13.2 Å². The third-order valence-electron chi connectivity index (χ3n) is 3.09. The van der Waals surface area contributed by atoms with Crippen molar-refractivity contribution in [2.45, 2.75) is 25.4 Å². The number of halogens is 2. The predicted octanol–water partition coefficient (Wildman–Crippen LogP) is 1.62. The quantitative estimate of drug-likeness (QED) is 0.885. The summed E-state index contributed by atoms with van der Waals surface area (Å²) in [4.78, 5) is 11.7. The van der Waals surface area contributed by atoms with Crippen molar-refractivity contribution in [2.24, 2.45) is 0 Å². The molecule has 1 heterocycles. The van der Waals surface area contributed by atoms with Crippen LogP contribution in [-0.2, 0) is 11.3 Å². The molecule has 1 amide bonds. The van der Waals surface area contributed by atoms with Crippen LogP contribution in [0.25, 0.3) is 0 Å². The second kappa shape index (κ2) is 7.31. The molecule has 1 aromatic rings. The largest absolute Gasteiger partial charge is 0.497 e. The molecular weight excluding hydrogens is 271 g/mol. The van der Waals surface area contributed by atoms with E-state index in [0.717, 1.165) is 19.4 Å². The lowest BCUT2D eigenvalue weighted by atomic mass is 10.2. The molecule has 1 aliphatic rings. The van der Waals surface area contributed by atoms with Gasteiger partial charge >= 0.3 is 0 Å². The van der Waals surface area contributed by atoms with Gasteiger partial charge in [-0.15, -0.1) is 12.4 Å². The van der Waals surface area contributed by atoms with E-state index in [9.17, 15) is 9.18 Å². The van der Waals surface area contributed by atoms with Crippen molar-refractivity contribution in [3.63, 3.8) is 0 Å². The lowest BCUT2D eigenvalue weighted by molar-refractivity contribution is -0.122. The Hall–Kier alpha value is -1.33. The first kappa shape index (κ1) is 15.7. The minimum atomic E-state index is -0.367. The van der Waals surface area contributed by atoms with Gasteiger partial charge in [0.1, 0.15) is 11.6 Å². The van der Waals surface area contributed by atoms with Gasteiger partial charge in [-0.2, -0.15) is 0 Å². The molecule has 106 valence electrons. The lowest BCUT2D eigenvalue weighted by Gasteiger charge is -2.11. The smallest absolute Gasteiger partial charge is 0.237 e. The average Bonchev–Trinajstić information content (AvgIpc) is 2.90. The van der Waals surface area contributed by atoms with Crippen LogP contribution in [-0.4, -0.2) is 25.6 Å². The summed E-state index contributed by atoms with van der Waals surface area (Å²) < 4.78 is 18.5. The highest BCUT2D eigenvalue weighted by atomic mass is 35.5. The van der Waals surface area contributed by atoms with Crippen LogP contribution in [0.4, 0.5) is 4.39 Å². The number of amides is 1. The molecule has 1 unspecified atom stereocenters. The SMILES string of the molecule is COc1ccc(CNC(=O)C2CCCN2)c(F)c1.Cl. The van der Waals surface area contributed by atoms with Gasteiger partial charge in [0.2, 0.25) is 5.91 Å². The number of hydrogen-bond donors (Lipinski definition) is 2. The highest BCUT2D eigenvalue weighted by Gasteiger charge is 2.21. The Kier molecular flexibility index (Phi) is 6.05. The van der Waals surface area contributed by atoms with E-state index in [1.54, 1.807) is 12.1 Å². The van der Waals surface area contributed by atoms with Crippen LogP contribution in [0.15, 0.2) is 18.2 Å². The number of benzene rings is 1. The molecule has 19 heavy (non-hydrogen) atoms. The van der Waals surface area contributed by atoms with Crippen molar-refractivity contribution in [3.05, 3.63) is 29.6 Å². The fourth-order valence-electron chi connectivity index (χ4n) is 2.01. The van der Waals surface area contributed by atoms with Gasteiger partial charge in [-0.05, 0) is 25.5 Å². The van der Waals surface area contributed by atoms with Gasteiger partial charge in [-0.25, -0.2) is 4.39 Å². The number of ether oxygens (including phenoxy) is 1. The zero-order valence-corrected chi connectivity index (χ0v) is 11.6. The summed E-state index contributed by atoms with van der Waals surface area (Å²) in [5.74, 6) is 0.0387. The third-order valence-corrected chi connectivity index (χ3v) is 3.09. The third kappa shape index (κ3) is 4.08. The normalized spacial score (nSPS) is 17.7. The highest BCUT2D eigenvalue weighted by Crippen LogP contribution is 2.16. The Balaban J connectivity index is 0.00000180. The Labute approximate surface area is 118 Å². The van der Waals surface area contributed by atoms with Gasteiger partial charge in [0.15, 0.2) is 0 Å². The van der Waals surface area contributed by atoms with Crippen molar-refractivity contribution in [2.75, 3.05) is 13.7 Å². The Morgan fingerprint density at radius 2 is 2.37 bits per heavy atom. The van der Waals surface area contributed by atoms with Crippen LogP contribution >= 0.6 is 12.4 Å². The molecule has 0 spiro atoms. The molecule has 0 saturated carbocycles. The number of carbonyl (C=O) groups is 1. The van der Waals surface area contributed by atoms with E-state index in [4.69, 9.17) is 4.74 Å². The second-order valence-electron chi connectivity index (χ2n) is 4.32. The van der Waals surface area contributed by atoms with Crippen LogP contribution in [0.1, 0.15) is 18.4 Å². The van der Waals surface area contributed by atoms with Crippen molar-refractivity contribution in [1.82, 2.24) is 10.6 Å². The van der Waals surface area contributed by atoms with E-state index in [0.29, 0.717) is 11.3 Å². The standard InChI is InChI=1S/C13H17FN2O2.ClH/c1-18-10-5-4-9(11(14)7-10)8-16-13(17)12-3-2-6-15-12;/h4-5,7,12,15H,2-3,6,8H2,1H3,(H,16,17);1H. The first-order valence-corrected chi connectivity index (χ1v) is 6.04. The van der Waals surface area contributed by atoms with Crippen molar-refractivity contribution >= 4 is 18.3 Å². The van der Waals surface area contributed by atoms with Crippen LogP contribution in [0.3, 0.4) is 0 Å². The van der Waals surface area contributed by atoms with Gasteiger partial charge in [-0.3, -0.25) is 4.79 Å². The summed E-state index contributed by atoms with van der Waals surface area (Å²) in [6.45, 7) is 1.07. The maximum atomic E-state index is 13.6. The minimum Gasteiger partial charge on any atom is -0.497 e. The van der Waals surface area contributed by atoms with E-state index < -0.39 is 0 Å². The summed E-state index contributed by atoms with van der Waals surface area (Å²) in [5.41, 5.74) is 0.460. The maximum Gasteiger partial charge on any atom is 0.237 e. The van der Waals surface area contributed by atoms with Crippen LogP contribution in [0, 0.1) is 5.82 Å². The van der Waals surface area contributed by atoms with Crippen LogP contribution in [0.2, 0.25) is 0 Å². The predicted molar refractivity (Wildman–Crippen MR) is 73.1 cm³/mol. The molecule has 2 rings (SSSR count). The van der Waals surface area contributed by atoms with E-state index >= 15 is 0 Å². The average molecular weight is 289 g/mol. The molecule has 1 aromatic carbocycles. The first-order chi connectivity index (χ1) is 8.70. The van der Waals surface area contributed by atoms with E-state index in [-0.39, 0.29) is 36.7 Å². The van der Waals surface area contributed by atoms with Gasteiger partial charge in [0, 0.05) is 18.2 Å². The molecule has 0 aliphatic carbocycles. The van der Waals surface area contributed by atoms with Crippen molar-refractivity contribution in [3.8, 4) is 5.75 Å². The fraction of sp³-hybridized carbons (Fsp3) is 0.462. The maximum absolute atomic E-state index is 13.6. The summed E-state index contributed by atoms with van der Waals surface area (Å²) in [5, 5.41) is 5.84. The Morgan fingerprint density at radius 1 is 1.58 bits per heavy atom. The van der Waals surface area contributed by atoms with Crippen LogP contribution in [0.5, 0.6) is 5.75 Å². The van der Waals surface area contributed by atoms with Crippen molar-refractivity contribution < 1.29 is 13.9 Å². The summed E-state index contributed by atoms with van der Waals surface area (Å²) in [7, 11) is 1.49. The fourth-order valence-corrected chi connectivity index (χ4v) is 2.01. The topological polar surface area (TPSA) is 50.4 Å². The zero-order valence-electron chi connectivity index (χ0n) is 10.7. The summed E-state index contributed by atoms with van der Waals surface area (Å²) in [6.07, 6.45) is 1.85. The zero-order chi connectivity index (χ0) is 13.0. The van der Waals surface area contributed by atoms with E-state index in [1.165, 1.54) is 13.2 Å². The van der Waals surface area contributed by atoms with E-state index in [1.807, 2.05) is 0 Å². The molecule has 0 bridgehead atoms. The minimum absolute atomic E-state index is 0.